The van der Waals surface area contributed by atoms with Crippen LogP contribution in [0.2, 0.25) is 0 Å². The van der Waals surface area contributed by atoms with E-state index in [1.54, 1.807) is 0 Å². The van der Waals surface area contributed by atoms with Crippen molar-refractivity contribution in [3.05, 3.63) is 57.8 Å². The molecule has 0 saturated carbocycles. The summed E-state index contributed by atoms with van der Waals surface area (Å²) in [6.45, 7) is 3.20. The first-order chi connectivity index (χ1) is 9.79. The molecule has 0 saturated heterocycles. The van der Waals surface area contributed by atoms with E-state index in [-0.39, 0.29) is 18.1 Å². The van der Waals surface area contributed by atoms with Crippen LogP contribution in [0.4, 0.5) is 14.6 Å². The fourth-order valence-electron chi connectivity index (χ4n) is 1.36. The maximum atomic E-state index is 12.9. The number of ketones is 1. The van der Waals surface area contributed by atoms with Gasteiger partial charge in [0.15, 0.2) is 11.6 Å². The number of benzene rings is 1. The van der Waals surface area contributed by atoms with E-state index in [0.29, 0.717) is 5.56 Å². The maximum Gasteiger partial charge on any atom is 0.389 e. The van der Waals surface area contributed by atoms with Gasteiger partial charge in [0.05, 0.1) is 23.9 Å². The van der Waals surface area contributed by atoms with Crippen LogP contribution in [0.15, 0.2) is 30.5 Å². The van der Waals surface area contributed by atoms with Gasteiger partial charge in [-0.15, -0.1) is 0 Å². The number of hydrogen-bond acceptors (Lipinski definition) is 4. The van der Waals surface area contributed by atoms with Crippen LogP contribution in [0, 0.1) is 21.7 Å². The van der Waals surface area contributed by atoms with E-state index < -0.39 is 16.6 Å². The second-order valence-corrected chi connectivity index (χ2v) is 4.29. The highest BCUT2D eigenvalue weighted by Gasteiger charge is 2.11. The smallest absolute Gasteiger partial charge is 0.358 e. The van der Waals surface area contributed by atoms with Crippen molar-refractivity contribution in [3.8, 4) is 0 Å². The summed E-state index contributed by atoms with van der Waals surface area (Å²) in [5, 5.41) is 14.0. The standard InChI is InChI=1S/C10H7F2N3O2.C3H6O/c11-8-2-1-7(5-9(8)12)6-14-4-3-10(13-14)15(16)17;1-3(2)4/h1-5H,6H2;1-2H3. The van der Waals surface area contributed by atoms with E-state index in [1.165, 1.54) is 36.9 Å². The Morgan fingerprint density at radius 2 is 1.90 bits per heavy atom. The van der Waals surface area contributed by atoms with Crippen molar-refractivity contribution in [1.29, 1.82) is 0 Å². The molecule has 2 aromatic rings. The lowest BCUT2D eigenvalue weighted by Crippen LogP contribution is -2.02. The number of nitro groups is 1. The van der Waals surface area contributed by atoms with Crippen LogP contribution in [0.25, 0.3) is 0 Å². The molecule has 0 atom stereocenters. The summed E-state index contributed by atoms with van der Waals surface area (Å²) < 4.78 is 26.8. The first-order valence-electron chi connectivity index (χ1n) is 5.88. The van der Waals surface area contributed by atoms with Crippen LogP contribution in [0.5, 0.6) is 0 Å². The van der Waals surface area contributed by atoms with Crippen LogP contribution in [-0.2, 0) is 11.3 Å². The third-order valence-electron chi connectivity index (χ3n) is 2.14. The fraction of sp³-hybridized carbons (Fsp3) is 0.231. The molecule has 0 fully saturated rings. The molecule has 6 nitrogen and oxygen atoms in total. The molecule has 0 amide bonds. The molecule has 0 radical (unpaired) electrons. The lowest BCUT2D eigenvalue weighted by atomic mass is 10.2. The quantitative estimate of drug-likeness (QED) is 0.644. The monoisotopic (exact) mass is 297 g/mol. The number of Topliss-reactive ketones (excluding diaryl/α,β-unsaturated/α-hetero) is 1. The van der Waals surface area contributed by atoms with Gasteiger partial charge in [0, 0.05) is 0 Å². The molecule has 0 N–H and O–H groups in total. The lowest BCUT2D eigenvalue weighted by molar-refractivity contribution is -0.389. The topological polar surface area (TPSA) is 78.0 Å². The Balaban J connectivity index is 0.000000491. The van der Waals surface area contributed by atoms with E-state index >= 15 is 0 Å². The number of carbonyl (C=O) groups is 1. The number of rotatable bonds is 3. The second-order valence-electron chi connectivity index (χ2n) is 4.29. The van der Waals surface area contributed by atoms with Crippen molar-refractivity contribution in [2.45, 2.75) is 20.4 Å². The molecule has 0 spiro atoms. The molecule has 112 valence electrons. The molecule has 0 aliphatic rings. The summed E-state index contributed by atoms with van der Waals surface area (Å²) in [4.78, 5) is 19.2. The van der Waals surface area contributed by atoms with Gasteiger partial charge in [-0.25, -0.2) is 8.78 Å². The summed E-state index contributed by atoms with van der Waals surface area (Å²) in [7, 11) is 0. The highest BCUT2D eigenvalue weighted by molar-refractivity contribution is 5.72. The van der Waals surface area contributed by atoms with Gasteiger partial charge in [-0.1, -0.05) is 6.07 Å². The summed E-state index contributed by atoms with van der Waals surface area (Å²) in [5.41, 5.74) is 0.474. The molecule has 0 aliphatic carbocycles. The predicted octanol–water partition coefficient (Wildman–Crippen LogP) is 2.71. The molecule has 0 aliphatic heterocycles. The molecular formula is C13H13F2N3O3. The third-order valence-corrected chi connectivity index (χ3v) is 2.14. The molecule has 1 heterocycles. The van der Waals surface area contributed by atoms with Crippen LogP contribution < -0.4 is 0 Å². The van der Waals surface area contributed by atoms with Gasteiger partial charge in [-0.3, -0.25) is 0 Å². The SMILES string of the molecule is CC(C)=O.O=[N+]([O-])c1ccn(Cc2ccc(F)c(F)c2)n1. The molecule has 1 aromatic carbocycles. The van der Waals surface area contributed by atoms with Crippen molar-refractivity contribution in [3.63, 3.8) is 0 Å². The summed E-state index contributed by atoms with van der Waals surface area (Å²) in [6, 6.07) is 4.66. The Morgan fingerprint density at radius 3 is 2.38 bits per heavy atom. The lowest BCUT2D eigenvalue weighted by Gasteiger charge is -1.99. The minimum atomic E-state index is -0.954. The molecule has 2 rings (SSSR count). The average Bonchev–Trinajstić information content (AvgIpc) is 2.82. The first-order valence-corrected chi connectivity index (χ1v) is 5.88. The van der Waals surface area contributed by atoms with Crippen molar-refractivity contribution in [1.82, 2.24) is 9.78 Å². The molecule has 8 heteroatoms. The summed E-state index contributed by atoms with van der Waals surface area (Å²) in [6.07, 6.45) is 1.40. The van der Waals surface area contributed by atoms with E-state index in [4.69, 9.17) is 0 Å². The van der Waals surface area contributed by atoms with Gasteiger partial charge in [0.1, 0.15) is 5.78 Å². The van der Waals surface area contributed by atoms with E-state index in [1.807, 2.05) is 0 Å². The minimum absolute atomic E-state index is 0.144. The van der Waals surface area contributed by atoms with Gasteiger partial charge in [-0.2, -0.15) is 4.68 Å². The van der Waals surface area contributed by atoms with Crippen LogP contribution >= 0.6 is 0 Å². The minimum Gasteiger partial charge on any atom is -0.358 e. The average molecular weight is 297 g/mol. The number of aromatic nitrogens is 2. The molecule has 0 bridgehead atoms. The maximum absolute atomic E-state index is 12.9. The Hall–Kier alpha value is -2.64. The highest BCUT2D eigenvalue weighted by atomic mass is 19.2. The van der Waals surface area contributed by atoms with Gasteiger partial charge in [0.2, 0.25) is 0 Å². The number of halogens is 2. The van der Waals surface area contributed by atoms with E-state index in [0.717, 1.165) is 12.1 Å². The predicted molar refractivity (Wildman–Crippen MR) is 70.7 cm³/mol. The Labute approximate surface area is 119 Å². The molecule has 1 aromatic heterocycles. The van der Waals surface area contributed by atoms with Crippen molar-refractivity contribution < 1.29 is 18.5 Å². The van der Waals surface area contributed by atoms with Gasteiger partial charge >= 0.3 is 5.82 Å². The van der Waals surface area contributed by atoms with E-state index in [2.05, 4.69) is 5.10 Å². The van der Waals surface area contributed by atoms with Crippen molar-refractivity contribution in [2.75, 3.05) is 0 Å². The van der Waals surface area contributed by atoms with Crippen LogP contribution in [0.3, 0.4) is 0 Å². The van der Waals surface area contributed by atoms with Gasteiger partial charge in [0.25, 0.3) is 0 Å². The third kappa shape index (κ3) is 5.47. The molecular weight excluding hydrogens is 284 g/mol. The fourth-order valence-corrected chi connectivity index (χ4v) is 1.36. The zero-order valence-corrected chi connectivity index (χ0v) is 11.4. The number of hydrogen-bond donors (Lipinski definition) is 0. The zero-order valence-electron chi connectivity index (χ0n) is 11.4. The zero-order chi connectivity index (χ0) is 16.0. The number of carbonyl (C=O) groups excluding carboxylic acids is 1. The Bertz CT molecular complexity index is 652. The summed E-state index contributed by atoms with van der Waals surface area (Å²) in [5.74, 6) is -2.00. The second kappa shape index (κ2) is 7.22. The molecule has 21 heavy (non-hydrogen) atoms. The molecule has 0 unspecified atom stereocenters. The van der Waals surface area contributed by atoms with Crippen molar-refractivity contribution in [2.24, 2.45) is 0 Å². The Morgan fingerprint density at radius 1 is 1.29 bits per heavy atom. The number of nitrogens with zero attached hydrogens (tertiary/aromatic N) is 3. The van der Waals surface area contributed by atoms with Crippen LogP contribution in [-0.4, -0.2) is 20.5 Å². The largest absolute Gasteiger partial charge is 0.389 e. The first kappa shape index (κ1) is 16.4. The van der Waals surface area contributed by atoms with Crippen LogP contribution in [0.1, 0.15) is 19.4 Å². The highest BCUT2D eigenvalue weighted by Crippen LogP contribution is 2.11. The van der Waals surface area contributed by atoms with Gasteiger partial charge in [-0.05, 0) is 36.5 Å². The Kier molecular flexibility index (Phi) is 5.65. The normalized spacial score (nSPS) is 9.71. The summed E-state index contributed by atoms with van der Waals surface area (Å²) >= 11 is 0. The van der Waals surface area contributed by atoms with Crippen molar-refractivity contribution >= 4 is 11.6 Å². The van der Waals surface area contributed by atoms with E-state index in [9.17, 15) is 23.7 Å². The van der Waals surface area contributed by atoms with Gasteiger partial charge < -0.3 is 14.9 Å².